The first kappa shape index (κ1) is 27.8. The lowest BCUT2D eigenvalue weighted by atomic mass is 9.70. The van der Waals surface area contributed by atoms with Crippen LogP contribution in [0.2, 0.25) is 0 Å². The summed E-state index contributed by atoms with van der Waals surface area (Å²) in [6.45, 7) is 6.01. The van der Waals surface area contributed by atoms with E-state index in [1.165, 1.54) is 4.90 Å². The van der Waals surface area contributed by atoms with Crippen LogP contribution in [0.25, 0.3) is 0 Å². The number of aliphatic hydroxyl groups excluding tert-OH is 1. The molecule has 3 N–H and O–H groups in total. The van der Waals surface area contributed by atoms with Crippen molar-refractivity contribution in [2.45, 2.75) is 68.6 Å². The first-order valence-corrected chi connectivity index (χ1v) is 14.6. The molecule has 3 fully saturated rings. The summed E-state index contributed by atoms with van der Waals surface area (Å²) in [6, 6.07) is 13.7. The summed E-state index contributed by atoms with van der Waals surface area (Å²) in [6.07, 6.45) is 1.03. The molecule has 1 spiro atoms. The Morgan fingerprint density at radius 3 is 2.62 bits per heavy atom. The molecular weight excluding hydrogens is 562 g/mol. The number of hydrogen-bond acceptors (Lipinski definition) is 5. The minimum Gasteiger partial charge on any atom is -0.394 e. The van der Waals surface area contributed by atoms with Crippen LogP contribution < -0.4 is 10.6 Å². The summed E-state index contributed by atoms with van der Waals surface area (Å²) in [5.74, 6) is -2.46. The van der Waals surface area contributed by atoms with Gasteiger partial charge in [-0.15, -0.1) is 0 Å². The number of ether oxygens (including phenoxy) is 1. The summed E-state index contributed by atoms with van der Waals surface area (Å²) in [4.78, 5) is 43.2. The molecule has 0 aromatic heterocycles. The number of rotatable bonds is 9. The summed E-state index contributed by atoms with van der Waals surface area (Å²) >= 11 is 3.70. The van der Waals surface area contributed by atoms with Crippen LogP contribution in [-0.4, -0.2) is 69.5 Å². The van der Waals surface area contributed by atoms with Crippen molar-refractivity contribution in [3.05, 3.63) is 65.2 Å². The van der Waals surface area contributed by atoms with Gasteiger partial charge in [0.2, 0.25) is 17.7 Å². The molecule has 5 rings (SSSR count). The minimum atomic E-state index is -1.18. The second kappa shape index (κ2) is 11.0. The van der Waals surface area contributed by atoms with E-state index in [2.05, 4.69) is 26.6 Å². The number of nitrogens with one attached hydrogen (secondary N) is 2. The number of hydrogen-bond donors (Lipinski definition) is 3. The molecule has 0 radical (unpaired) electrons. The monoisotopic (exact) mass is 597 g/mol. The van der Waals surface area contributed by atoms with Crippen molar-refractivity contribution < 1.29 is 24.2 Å². The zero-order valence-electron chi connectivity index (χ0n) is 22.5. The lowest BCUT2D eigenvalue weighted by Gasteiger charge is -2.37. The molecule has 3 saturated heterocycles. The summed E-state index contributed by atoms with van der Waals surface area (Å²) in [5.41, 5.74) is 2.31. The van der Waals surface area contributed by atoms with Gasteiger partial charge in [0.25, 0.3) is 0 Å². The van der Waals surface area contributed by atoms with Crippen LogP contribution in [0.4, 0.5) is 5.69 Å². The fourth-order valence-electron chi connectivity index (χ4n) is 6.63. The van der Waals surface area contributed by atoms with Gasteiger partial charge in [0.15, 0.2) is 0 Å². The van der Waals surface area contributed by atoms with Crippen molar-refractivity contribution in [3.63, 3.8) is 0 Å². The number of nitrogens with zero attached hydrogens (tertiary/aromatic N) is 1. The number of likely N-dealkylation sites (tertiary alicyclic amines) is 1. The van der Waals surface area contributed by atoms with Crippen molar-refractivity contribution in [3.8, 4) is 0 Å². The predicted octanol–water partition coefficient (Wildman–Crippen LogP) is 3.12. The van der Waals surface area contributed by atoms with Gasteiger partial charge in [0.05, 0.1) is 30.6 Å². The Bertz CT molecular complexity index is 1260. The second-order valence-electron chi connectivity index (χ2n) is 11.0. The van der Waals surface area contributed by atoms with Crippen LogP contribution in [0.5, 0.6) is 0 Å². The van der Waals surface area contributed by atoms with Gasteiger partial charge < -0.3 is 25.4 Å². The Hall–Kier alpha value is -2.75. The number of amides is 3. The molecule has 0 saturated carbocycles. The van der Waals surface area contributed by atoms with Gasteiger partial charge in [-0.25, -0.2) is 0 Å². The number of halogens is 1. The lowest BCUT2D eigenvalue weighted by Crippen LogP contribution is -2.57. The van der Waals surface area contributed by atoms with E-state index in [9.17, 15) is 19.5 Å². The molecule has 3 aliphatic heterocycles. The van der Waals surface area contributed by atoms with E-state index in [0.717, 1.165) is 23.1 Å². The van der Waals surface area contributed by atoms with E-state index in [1.54, 1.807) is 0 Å². The fourth-order valence-corrected chi connectivity index (χ4v) is 7.58. The van der Waals surface area contributed by atoms with Gasteiger partial charge in [-0.3, -0.25) is 14.4 Å². The molecule has 39 heavy (non-hydrogen) atoms. The molecule has 2 bridgehead atoms. The number of carbonyl (C=O) groups excluding carboxylic acids is 3. The molecule has 3 aliphatic rings. The molecule has 2 aromatic rings. The van der Waals surface area contributed by atoms with Gasteiger partial charge >= 0.3 is 0 Å². The molecular formula is C30H36BrN3O5. The van der Waals surface area contributed by atoms with Crippen molar-refractivity contribution >= 4 is 39.3 Å². The molecule has 8 nitrogen and oxygen atoms in total. The highest BCUT2D eigenvalue weighted by atomic mass is 79.9. The topological polar surface area (TPSA) is 108 Å². The third-order valence-corrected chi connectivity index (χ3v) is 9.24. The Kier molecular flexibility index (Phi) is 7.86. The van der Waals surface area contributed by atoms with E-state index in [1.807, 2.05) is 69.3 Å². The smallest absolute Gasteiger partial charge is 0.250 e. The second-order valence-corrected chi connectivity index (χ2v) is 12.2. The number of aliphatic hydroxyl groups is 1. The van der Waals surface area contributed by atoms with Crippen LogP contribution >= 0.6 is 15.9 Å². The zero-order valence-corrected chi connectivity index (χ0v) is 24.1. The van der Waals surface area contributed by atoms with Crippen molar-refractivity contribution in [2.24, 2.45) is 11.8 Å². The number of aryl methyl sites for hydroxylation is 2. The summed E-state index contributed by atoms with van der Waals surface area (Å²) < 4.78 is 6.57. The number of anilines is 1. The summed E-state index contributed by atoms with van der Waals surface area (Å²) in [5, 5.41) is 16.6. The molecule has 3 unspecified atom stereocenters. The first-order valence-electron chi connectivity index (χ1n) is 13.7. The van der Waals surface area contributed by atoms with Crippen LogP contribution in [-0.2, 0) is 25.5 Å². The minimum absolute atomic E-state index is 0.184. The number of alkyl halides is 1. The standard InChI is InChI=1S/C30H36BrN3O5/c1-4-12-32-27(36)23-24-29(38)34(20(16-35)14-19-8-6-5-7-9-19)26(30(24)15-21(31)25(23)39-30)28(37)33-22-13-17(2)10-11-18(22)3/h5-11,13,20-21,23-26,35H,4,12,14-16H2,1-3H3,(H,32,36)(H,33,37)/t20-,21?,23+,24+,25+,26?,30?/m1/s1. The largest absolute Gasteiger partial charge is 0.394 e. The maximum absolute atomic E-state index is 14.3. The quantitative estimate of drug-likeness (QED) is 0.385. The van der Waals surface area contributed by atoms with E-state index in [-0.39, 0.29) is 29.2 Å². The van der Waals surface area contributed by atoms with Crippen molar-refractivity contribution in [2.75, 3.05) is 18.5 Å². The number of benzene rings is 2. The Morgan fingerprint density at radius 2 is 1.92 bits per heavy atom. The number of carbonyl (C=O) groups is 3. The molecule has 208 valence electrons. The van der Waals surface area contributed by atoms with Crippen LogP contribution in [0.1, 0.15) is 36.5 Å². The third-order valence-electron chi connectivity index (χ3n) is 8.40. The fraction of sp³-hybridized carbons (Fsp3) is 0.500. The SMILES string of the molecule is CCCNC(=O)[C@H]1[C@H]2C(=O)N([C@@H](CO)Cc3ccccc3)C(C(=O)Nc3cc(C)ccc3C)C23CC(Br)[C@@H]1O3. The highest BCUT2D eigenvalue weighted by Gasteiger charge is 2.77. The van der Waals surface area contributed by atoms with E-state index in [4.69, 9.17) is 4.74 Å². The molecule has 0 aliphatic carbocycles. The normalized spacial score (nSPS) is 29.8. The summed E-state index contributed by atoms with van der Waals surface area (Å²) in [7, 11) is 0. The first-order chi connectivity index (χ1) is 18.7. The highest BCUT2D eigenvalue weighted by molar-refractivity contribution is 9.09. The van der Waals surface area contributed by atoms with Crippen molar-refractivity contribution in [1.29, 1.82) is 0 Å². The highest BCUT2D eigenvalue weighted by Crippen LogP contribution is 2.60. The van der Waals surface area contributed by atoms with Crippen LogP contribution in [0.15, 0.2) is 48.5 Å². The average molecular weight is 599 g/mol. The molecule has 9 heteroatoms. The molecule has 3 amide bonds. The number of fused-ring (bicyclic) bond motifs is 1. The van der Waals surface area contributed by atoms with Gasteiger partial charge in [-0.05, 0) is 55.9 Å². The van der Waals surface area contributed by atoms with Crippen molar-refractivity contribution in [1.82, 2.24) is 10.2 Å². The third kappa shape index (κ3) is 4.78. The predicted molar refractivity (Wildman–Crippen MR) is 151 cm³/mol. The van der Waals surface area contributed by atoms with Gasteiger partial charge in [0, 0.05) is 17.1 Å². The van der Waals surface area contributed by atoms with Gasteiger partial charge in [0.1, 0.15) is 11.6 Å². The molecule has 7 atom stereocenters. The van der Waals surface area contributed by atoms with E-state index >= 15 is 0 Å². The molecule has 3 heterocycles. The van der Waals surface area contributed by atoms with Crippen LogP contribution in [0.3, 0.4) is 0 Å². The van der Waals surface area contributed by atoms with E-state index in [0.29, 0.717) is 25.1 Å². The zero-order chi connectivity index (χ0) is 27.9. The molecule has 2 aromatic carbocycles. The Balaban J connectivity index is 1.57. The average Bonchev–Trinajstić information content (AvgIpc) is 3.52. The van der Waals surface area contributed by atoms with Gasteiger partial charge in [-0.1, -0.05) is 65.3 Å². The Morgan fingerprint density at radius 1 is 1.18 bits per heavy atom. The maximum Gasteiger partial charge on any atom is 0.250 e. The Labute approximate surface area is 237 Å². The van der Waals surface area contributed by atoms with Crippen LogP contribution in [0, 0.1) is 25.7 Å². The maximum atomic E-state index is 14.3. The van der Waals surface area contributed by atoms with Gasteiger partial charge in [-0.2, -0.15) is 0 Å². The van der Waals surface area contributed by atoms with E-state index < -0.39 is 35.6 Å². The lowest BCUT2D eigenvalue weighted by molar-refractivity contribution is -0.144.